The Kier molecular flexibility index (Phi) is 8.16. The number of carbonyl (C=O) groups is 1. The van der Waals surface area contributed by atoms with Crippen LogP contribution in [0.1, 0.15) is 55.4 Å². The van der Waals surface area contributed by atoms with Crippen molar-refractivity contribution in [3.05, 3.63) is 17.8 Å². The van der Waals surface area contributed by atoms with E-state index in [0.29, 0.717) is 5.69 Å². The van der Waals surface area contributed by atoms with E-state index in [4.69, 9.17) is 9.72 Å². The average Bonchev–Trinajstić information content (AvgIpc) is 3.13. The summed E-state index contributed by atoms with van der Waals surface area (Å²) < 4.78 is 7.31. The molecule has 0 atom stereocenters. The van der Waals surface area contributed by atoms with E-state index in [9.17, 15) is 4.79 Å². The quantitative estimate of drug-likeness (QED) is 0.675. The lowest BCUT2D eigenvalue weighted by molar-refractivity contribution is 0.0902. The van der Waals surface area contributed by atoms with Crippen molar-refractivity contribution in [3.8, 4) is 0 Å². The number of nitrogens with zero attached hydrogens (tertiary/aromatic N) is 6. The highest BCUT2D eigenvalue weighted by atomic mass is 16.5. The fourth-order valence-electron chi connectivity index (χ4n) is 5.62. The maximum atomic E-state index is 13.2. The van der Waals surface area contributed by atoms with Crippen LogP contribution < -0.4 is 10.2 Å². The van der Waals surface area contributed by atoms with Crippen LogP contribution in [-0.2, 0) is 11.8 Å². The van der Waals surface area contributed by atoms with E-state index in [-0.39, 0.29) is 11.9 Å². The number of ether oxygens (including phenoxy) is 1. The molecule has 5 rings (SSSR count). The molecular weight excluding hydrogens is 442 g/mol. The van der Waals surface area contributed by atoms with Gasteiger partial charge < -0.3 is 19.9 Å². The number of fused-ring (bicyclic) bond motifs is 1. The second-order valence-corrected chi connectivity index (χ2v) is 10.3. The number of aromatic nitrogens is 3. The van der Waals surface area contributed by atoms with E-state index in [2.05, 4.69) is 31.2 Å². The summed E-state index contributed by atoms with van der Waals surface area (Å²) in [7, 11) is 1.88. The van der Waals surface area contributed by atoms with E-state index < -0.39 is 0 Å². The van der Waals surface area contributed by atoms with Crippen LogP contribution in [0.5, 0.6) is 0 Å². The van der Waals surface area contributed by atoms with Gasteiger partial charge in [0.15, 0.2) is 11.3 Å². The van der Waals surface area contributed by atoms with Gasteiger partial charge in [-0.1, -0.05) is 12.8 Å². The normalized spacial score (nSPS) is 21.7. The van der Waals surface area contributed by atoms with Crippen molar-refractivity contribution in [2.24, 2.45) is 7.05 Å². The first-order valence-corrected chi connectivity index (χ1v) is 13.6. The summed E-state index contributed by atoms with van der Waals surface area (Å²) in [4.78, 5) is 25.5. The number of piperidine rings is 1. The molecule has 3 saturated heterocycles. The molecule has 1 N–H and O–H groups in total. The van der Waals surface area contributed by atoms with E-state index in [1.165, 1.54) is 25.7 Å². The number of anilines is 1. The molecule has 3 aliphatic rings. The van der Waals surface area contributed by atoms with Crippen molar-refractivity contribution < 1.29 is 9.53 Å². The molecule has 192 valence electrons. The molecule has 9 heteroatoms. The van der Waals surface area contributed by atoms with Gasteiger partial charge in [-0.3, -0.25) is 9.69 Å². The van der Waals surface area contributed by atoms with Gasteiger partial charge in [-0.05, 0) is 44.2 Å². The van der Waals surface area contributed by atoms with Gasteiger partial charge in [-0.15, -0.1) is 0 Å². The van der Waals surface area contributed by atoms with Crippen LogP contribution in [0.4, 0.5) is 5.82 Å². The molecule has 1 amide bonds. The van der Waals surface area contributed by atoms with Gasteiger partial charge in [0.05, 0.1) is 12.0 Å². The lowest BCUT2D eigenvalue weighted by Crippen LogP contribution is -2.46. The molecule has 0 saturated carbocycles. The van der Waals surface area contributed by atoms with Crippen LogP contribution in [0.15, 0.2) is 12.1 Å². The first-order chi connectivity index (χ1) is 17.2. The number of pyridine rings is 1. The number of aryl methyl sites for hydroxylation is 1. The Morgan fingerprint density at radius 1 is 0.943 bits per heavy atom. The Hall–Kier alpha value is -2.23. The topological polar surface area (TPSA) is 78.8 Å². The molecule has 2 aromatic heterocycles. The van der Waals surface area contributed by atoms with Crippen molar-refractivity contribution in [1.29, 1.82) is 0 Å². The van der Waals surface area contributed by atoms with Gasteiger partial charge >= 0.3 is 0 Å². The van der Waals surface area contributed by atoms with Crippen LogP contribution in [0, 0.1) is 0 Å². The van der Waals surface area contributed by atoms with Crippen LogP contribution in [0.25, 0.3) is 11.0 Å². The molecule has 0 unspecified atom stereocenters. The largest absolute Gasteiger partial charge is 0.380 e. The second kappa shape index (κ2) is 11.7. The summed E-state index contributed by atoms with van der Waals surface area (Å²) in [5.74, 6) is 0.914. The number of nitrogens with one attached hydrogen (secondary N) is 1. The third-order valence-corrected chi connectivity index (χ3v) is 7.79. The molecular formula is C26H41N7O2. The van der Waals surface area contributed by atoms with E-state index in [0.717, 1.165) is 102 Å². The zero-order valence-corrected chi connectivity index (χ0v) is 21.3. The summed E-state index contributed by atoms with van der Waals surface area (Å²) in [6.45, 7) is 10.3. The third kappa shape index (κ3) is 6.13. The van der Waals surface area contributed by atoms with Crippen LogP contribution in [0.3, 0.4) is 0 Å². The van der Waals surface area contributed by atoms with Crippen LogP contribution >= 0.6 is 0 Å². The van der Waals surface area contributed by atoms with Gasteiger partial charge in [0.1, 0.15) is 5.82 Å². The van der Waals surface area contributed by atoms with E-state index >= 15 is 0 Å². The fourth-order valence-corrected chi connectivity index (χ4v) is 5.62. The molecule has 35 heavy (non-hydrogen) atoms. The van der Waals surface area contributed by atoms with Gasteiger partial charge in [-0.2, -0.15) is 5.10 Å². The summed E-state index contributed by atoms with van der Waals surface area (Å²) in [5, 5.41) is 8.65. The highest BCUT2D eigenvalue weighted by Crippen LogP contribution is 2.23. The summed E-state index contributed by atoms with van der Waals surface area (Å²) >= 11 is 0. The number of hydrogen-bond acceptors (Lipinski definition) is 7. The SMILES string of the molecule is Cn1nc(C(=O)NC2CCN(CCN3CCCOCC3)CC2)c2ccc(N3CCCCCC3)nc21. The molecule has 3 fully saturated rings. The van der Waals surface area contributed by atoms with Crippen molar-refractivity contribution in [3.63, 3.8) is 0 Å². The summed E-state index contributed by atoms with van der Waals surface area (Å²) in [5.41, 5.74) is 1.27. The smallest absolute Gasteiger partial charge is 0.272 e. The Labute approximate surface area is 208 Å². The van der Waals surface area contributed by atoms with Gasteiger partial charge in [0.25, 0.3) is 5.91 Å². The zero-order chi connectivity index (χ0) is 24.0. The Morgan fingerprint density at radius 3 is 2.46 bits per heavy atom. The fraction of sp³-hybridized carbons (Fsp3) is 0.731. The number of likely N-dealkylation sites (tertiary alicyclic amines) is 1. The monoisotopic (exact) mass is 483 g/mol. The molecule has 0 radical (unpaired) electrons. The molecule has 0 aromatic carbocycles. The highest BCUT2D eigenvalue weighted by molar-refractivity contribution is 6.04. The minimum absolute atomic E-state index is 0.0806. The Morgan fingerprint density at radius 2 is 1.69 bits per heavy atom. The maximum Gasteiger partial charge on any atom is 0.272 e. The van der Waals surface area contributed by atoms with Crippen molar-refractivity contribution in [1.82, 2.24) is 29.9 Å². The molecule has 9 nitrogen and oxygen atoms in total. The predicted molar refractivity (Wildman–Crippen MR) is 138 cm³/mol. The van der Waals surface area contributed by atoms with Crippen molar-refractivity contribution in [2.75, 3.05) is 70.5 Å². The molecule has 2 aromatic rings. The molecule has 5 heterocycles. The van der Waals surface area contributed by atoms with E-state index in [1.807, 2.05) is 13.1 Å². The third-order valence-electron chi connectivity index (χ3n) is 7.79. The molecule has 0 bridgehead atoms. The lowest BCUT2D eigenvalue weighted by atomic mass is 10.0. The average molecular weight is 484 g/mol. The van der Waals surface area contributed by atoms with Crippen LogP contribution in [-0.4, -0.2) is 102 Å². The number of carbonyl (C=O) groups excluding carboxylic acids is 1. The standard InChI is InChI=1S/C26H41N7O2/c1-30-25-22(7-8-23(28-25)33-12-4-2-3-5-13-33)24(29-30)26(34)27-21-9-14-32(15-10-21)17-16-31-11-6-19-35-20-18-31/h7-8,21H,2-6,9-20H2,1H3,(H,27,34). The highest BCUT2D eigenvalue weighted by Gasteiger charge is 2.25. The lowest BCUT2D eigenvalue weighted by Gasteiger charge is -2.33. The van der Waals surface area contributed by atoms with Gasteiger partial charge in [0.2, 0.25) is 0 Å². The van der Waals surface area contributed by atoms with Crippen molar-refractivity contribution in [2.45, 2.75) is 51.0 Å². The van der Waals surface area contributed by atoms with Crippen molar-refractivity contribution >= 4 is 22.8 Å². The minimum atomic E-state index is -0.0806. The second-order valence-electron chi connectivity index (χ2n) is 10.3. The summed E-state index contributed by atoms with van der Waals surface area (Å²) in [6.07, 6.45) is 8.11. The molecule has 0 spiro atoms. The predicted octanol–water partition coefficient (Wildman–Crippen LogP) is 2.27. The zero-order valence-electron chi connectivity index (χ0n) is 21.3. The Bertz CT molecular complexity index is 969. The first-order valence-electron chi connectivity index (χ1n) is 13.6. The Balaban J connectivity index is 1.15. The van der Waals surface area contributed by atoms with Crippen LogP contribution in [0.2, 0.25) is 0 Å². The molecule has 3 aliphatic heterocycles. The maximum absolute atomic E-state index is 13.2. The number of amides is 1. The first kappa shape index (κ1) is 24.5. The van der Waals surface area contributed by atoms with Gasteiger partial charge in [0, 0.05) is 72.1 Å². The van der Waals surface area contributed by atoms with E-state index in [1.54, 1.807) is 4.68 Å². The minimum Gasteiger partial charge on any atom is -0.380 e. The molecule has 0 aliphatic carbocycles. The number of hydrogen-bond donors (Lipinski definition) is 1. The number of rotatable bonds is 6. The summed E-state index contributed by atoms with van der Waals surface area (Å²) in [6, 6.07) is 4.29. The van der Waals surface area contributed by atoms with Gasteiger partial charge in [-0.25, -0.2) is 9.67 Å².